The highest BCUT2D eigenvalue weighted by molar-refractivity contribution is 14.0. The van der Waals surface area contributed by atoms with Gasteiger partial charge in [-0.1, -0.05) is 44.2 Å². The number of ether oxygens (including phenoxy) is 1. The first kappa shape index (κ1) is 26.6. The Morgan fingerprint density at radius 2 is 2.00 bits per heavy atom. The van der Waals surface area contributed by atoms with Gasteiger partial charge in [-0.3, -0.25) is 14.7 Å². The molecule has 2 rings (SSSR count). The van der Waals surface area contributed by atoms with Gasteiger partial charge in [-0.05, 0) is 18.4 Å². The van der Waals surface area contributed by atoms with E-state index in [4.69, 9.17) is 4.74 Å². The Morgan fingerprint density at radius 1 is 1.23 bits per heavy atom. The number of guanidine groups is 1. The van der Waals surface area contributed by atoms with Crippen molar-refractivity contribution in [2.24, 2.45) is 10.9 Å². The SMILES string of the molecule is CCNC(=NCC1CN(CC(C)C)CCO1)NCCC(=O)NCc1ccccc1.I. The van der Waals surface area contributed by atoms with Crippen LogP contribution in [0.5, 0.6) is 0 Å². The van der Waals surface area contributed by atoms with Crippen LogP contribution >= 0.6 is 24.0 Å². The van der Waals surface area contributed by atoms with Crippen molar-refractivity contribution in [2.75, 3.05) is 45.9 Å². The number of halogens is 1. The van der Waals surface area contributed by atoms with Gasteiger partial charge in [0, 0.05) is 45.7 Å². The van der Waals surface area contributed by atoms with E-state index in [1.165, 1.54) is 0 Å². The van der Waals surface area contributed by atoms with Gasteiger partial charge < -0.3 is 20.7 Å². The van der Waals surface area contributed by atoms with E-state index in [1.807, 2.05) is 37.3 Å². The smallest absolute Gasteiger partial charge is 0.222 e. The van der Waals surface area contributed by atoms with Crippen molar-refractivity contribution < 1.29 is 9.53 Å². The average molecular weight is 531 g/mol. The van der Waals surface area contributed by atoms with Gasteiger partial charge in [0.25, 0.3) is 0 Å². The van der Waals surface area contributed by atoms with E-state index in [2.05, 4.69) is 39.7 Å². The number of carbonyl (C=O) groups excluding carboxylic acids is 1. The number of hydrogen-bond acceptors (Lipinski definition) is 4. The number of morpholine rings is 1. The van der Waals surface area contributed by atoms with Crippen LogP contribution in [0.15, 0.2) is 35.3 Å². The van der Waals surface area contributed by atoms with E-state index in [1.54, 1.807) is 0 Å². The van der Waals surface area contributed by atoms with E-state index in [-0.39, 0.29) is 36.0 Å². The summed E-state index contributed by atoms with van der Waals surface area (Å²) < 4.78 is 5.87. The molecule has 1 aromatic carbocycles. The molecule has 0 bridgehead atoms. The number of nitrogens with one attached hydrogen (secondary N) is 3. The molecule has 1 fully saturated rings. The van der Waals surface area contributed by atoms with Crippen LogP contribution in [0.2, 0.25) is 0 Å². The lowest BCUT2D eigenvalue weighted by Gasteiger charge is -2.33. The highest BCUT2D eigenvalue weighted by Crippen LogP contribution is 2.08. The monoisotopic (exact) mass is 531 g/mol. The number of amides is 1. The molecule has 0 aromatic heterocycles. The molecule has 170 valence electrons. The lowest BCUT2D eigenvalue weighted by atomic mass is 10.2. The first-order valence-electron chi connectivity index (χ1n) is 10.7. The van der Waals surface area contributed by atoms with Crippen LogP contribution in [0.4, 0.5) is 0 Å². The molecule has 1 aliphatic rings. The van der Waals surface area contributed by atoms with Crippen LogP contribution in [0.3, 0.4) is 0 Å². The third-order valence-corrected chi connectivity index (χ3v) is 4.62. The fourth-order valence-corrected chi connectivity index (χ4v) is 3.29. The minimum Gasteiger partial charge on any atom is -0.374 e. The standard InChI is InChI=1S/C22H37N5O2.HI/c1-4-23-22(26-15-20-17-27(12-13-29-20)16-18(2)3)24-11-10-21(28)25-14-19-8-6-5-7-9-19;/h5-9,18,20H,4,10-17H2,1-3H3,(H,25,28)(H2,23,24,26);1H. The molecular weight excluding hydrogens is 493 g/mol. The zero-order chi connectivity index (χ0) is 20.9. The van der Waals surface area contributed by atoms with Gasteiger partial charge in [0.1, 0.15) is 0 Å². The summed E-state index contributed by atoms with van der Waals surface area (Å²) in [5.74, 6) is 1.41. The van der Waals surface area contributed by atoms with Crippen LogP contribution < -0.4 is 16.0 Å². The molecule has 1 aromatic rings. The van der Waals surface area contributed by atoms with Gasteiger partial charge in [0.2, 0.25) is 5.91 Å². The summed E-state index contributed by atoms with van der Waals surface area (Å²) in [7, 11) is 0. The largest absolute Gasteiger partial charge is 0.374 e. The maximum Gasteiger partial charge on any atom is 0.222 e. The van der Waals surface area contributed by atoms with E-state index in [0.717, 1.165) is 44.3 Å². The first-order valence-corrected chi connectivity index (χ1v) is 10.7. The fourth-order valence-electron chi connectivity index (χ4n) is 3.29. The van der Waals surface area contributed by atoms with Crippen LogP contribution in [-0.4, -0.2) is 68.7 Å². The van der Waals surface area contributed by atoms with Crippen molar-refractivity contribution in [1.82, 2.24) is 20.9 Å². The molecule has 1 unspecified atom stereocenters. The zero-order valence-electron chi connectivity index (χ0n) is 18.5. The van der Waals surface area contributed by atoms with Gasteiger partial charge in [-0.15, -0.1) is 24.0 Å². The molecule has 1 heterocycles. The summed E-state index contributed by atoms with van der Waals surface area (Å²) in [4.78, 5) is 19.2. The summed E-state index contributed by atoms with van der Waals surface area (Å²) in [6.45, 7) is 12.8. The molecule has 1 saturated heterocycles. The van der Waals surface area contributed by atoms with Crippen molar-refractivity contribution >= 4 is 35.8 Å². The molecule has 7 nitrogen and oxygen atoms in total. The number of hydrogen-bond donors (Lipinski definition) is 3. The first-order chi connectivity index (χ1) is 14.1. The Kier molecular flexibility index (Phi) is 13.7. The third-order valence-electron chi connectivity index (χ3n) is 4.62. The maximum atomic E-state index is 12.0. The van der Waals surface area contributed by atoms with Crippen molar-refractivity contribution in [2.45, 2.75) is 39.8 Å². The number of nitrogens with zero attached hydrogens (tertiary/aromatic N) is 2. The molecule has 1 amide bonds. The normalized spacial score (nSPS) is 17.3. The lowest BCUT2D eigenvalue weighted by molar-refractivity contribution is -0.121. The highest BCUT2D eigenvalue weighted by Gasteiger charge is 2.20. The number of rotatable bonds is 10. The molecular formula is C22H38IN5O2. The molecule has 3 N–H and O–H groups in total. The average Bonchev–Trinajstić information content (AvgIpc) is 2.71. The Bertz CT molecular complexity index is 627. The van der Waals surface area contributed by atoms with Crippen molar-refractivity contribution in [3.05, 3.63) is 35.9 Å². The van der Waals surface area contributed by atoms with Gasteiger partial charge in [-0.25, -0.2) is 0 Å². The third kappa shape index (κ3) is 11.1. The predicted octanol–water partition coefficient (Wildman–Crippen LogP) is 2.22. The van der Waals surface area contributed by atoms with Gasteiger partial charge in [-0.2, -0.15) is 0 Å². The quantitative estimate of drug-likeness (QED) is 0.245. The van der Waals surface area contributed by atoms with E-state index in [9.17, 15) is 4.79 Å². The Balaban J connectivity index is 0.00000450. The molecule has 0 radical (unpaired) electrons. The molecule has 1 aliphatic heterocycles. The Hall–Kier alpha value is -1.39. The van der Waals surface area contributed by atoms with E-state index < -0.39 is 0 Å². The van der Waals surface area contributed by atoms with Gasteiger partial charge in [0.15, 0.2) is 5.96 Å². The van der Waals surface area contributed by atoms with Crippen LogP contribution in [0.1, 0.15) is 32.8 Å². The maximum absolute atomic E-state index is 12.0. The van der Waals surface area contributed by atoms with Crippen LogP contribution in [0, 0.1) is 5.92 Å². The zero-order valence-corrected chi connectivity index (χ0v) is 20.9. The molecule has 0 aliphatic carbocycles. The second-order valence-electron chi connectivity index (χ2n) is 7.80. The second-order valence-corrected chi connectivity index (χ2v) is 7.80. The van der Waals surface area contributed by atoms with Crippen molar-refractivity contribution in [3.63, 3.8) is 0 Å². The van der Waals surface area contributed by atoms with Crippen LogP contribution in [-0.2, 0) is 16.1 Å². The second kappa shape index (κ2) is 15.4. The fraction of sp³-hybridized carbons (Fsp3) is 0.636. The van der Waals surface area contributed by atoms with Gasteiger partial charge >= 0.3 is 0 Å². The topological polar surface area (TPSA) is 78.0 Å². The minimum atomic E-state index is 0. The molecule has 0 saturated carbocycles. The van der Waals surface area contributed by atoms with Crippen molar-refractivity contribution in [1.29, 1.82) is 0 Å². The number of carbonyl (C=O) groups is 1. The minimum absolute atomic E-state index is 0. The summed E-state index contributed by atoms with van der Waals surface area (Å²) in [5.41, 5.74) is 1.10. The molecule has 30 heavy (non-hydrogen) atoms. The summed E-state index contributed by atoms with van der Waals surface area (Å²) in [6, 6.07) is 9.92. The number of aliphatic imine (C=N–C) groups is 1. The Morgan fingerprint density at radius 3 is 2.70 bits per heavy atom. The summed E-state index contributed by atoms with van der Waals surface area (Å²) >= 11 is 0. The highest BCUT2D eigenvalue weighted by atomic mass is 127. The predicted molar refractivity (Wildman–Crippen MR) is 133 cm³/mol. The lowest BCUT2D eigenvalue weighted by Crippen LogP contribution is -2.46. The summed E-state index contributed by atoms with van der Waals surface area (Å²) in [6.07, 6.45) is 0.520. The van der Waals surface area contributed by atoms with E-state index in [0.29, 0.717) is 32.0 Å². The summed E-state index contributed by atoms with van der Waals surface area (Å²) in [5, 5.41) is 9.42. The van der Waals surface area contributed by atoms with Crippen molar-refractivity contribution in [3.8, 4) is 0 Å². The number of benzene rings is 1. The van der Waals surface area contributed by atoms with E-state index >= 15 is 0 Å². The van der Waals surface area contributed by atoms with Crippen LogP contribution in [0.25, 0.3) is 0 Å². The molecule has 8 heteroatoms. The molecule has 1 atom stereocenters. The Labute approximate surface area is 198 Å². The molecule has 0 spiro atoms. The van der Waals surface area contributed by atoms with Gasteiger partial charge in [0.05, 0.1) is 19.3 Å².